The molecule has 4 rings (SSSR count). The first kappa shape index (κ1) is 20.4. The van der Waals surface area contributed by atoms with E-state index < -0.39 is 15.8 Å². The monoisotopic (exact) mass is 433 g/mol. The topological polar surface area (TPSA) is 112 Å². The molecule has 0 radical (unpaired) electrons. The molecule has 0 unspecified atom stereocenters. The molecule has 156 valence electrons. The Morgan fingerprint density at radius 2 is 1.68 bits per heavy atom. The maximum absolute atomic E-state index is 12.4. The molecule has 0 atom stereocenters. The van der Waals surface area contributed by atoms with Crippen LogP contribution in [0.2, 0.25) is 0 Å². The van der Waals surface area contributed by atoms with Crippen LogP contribution in [-0.2, 0) is 14.6 Å². The van der Waals surface area contributed by atoms with E-state index in [0.717, 1.165) is 5.39 Å². The van der Waals surface area contributed by atoms with Crippen LogP contribution in [0, 0.1) is 0 Å². The van der Waals surface area contributed by atoms with E-state index >= 15 is 0 Å². The second-order valence-corrected chi connectivity index (χ2v) is 8.80. The quantitative estimate of drug-likeness (QED) is 0.379. The number of fused-ring (bicyclic) bond motifs is 1. The smallest absolute Gasteiger partial charge is 0.336 e. The summed E-state index contributed by atoms with van der Waals surface area (Å²) < 4.78 is 24.9. The van der Waals surface area contributed by atoms with Crippen LogP contribution in [0.4, 0.5) is 5.82 Å². The predicted molar refractivity (Wildman–Crippen MR) is 120 cm³/mol. The van der Waals surface area contributed by atoms with Crippen molar-refractivity contribution < 1.29 is 18.3 Å². The zero-order chi connectivity index (χ0) is 21.8. The number of rotatable bonds is 7. The predicted octanol–water partition coefficient (Wildman–Crippen LogP) is 4.03. The van der Waals surface area contributed by atoms with Gasteiger partial charge in [0.05, 0.1) is 10.5 Å². The number of carbonyl (C=O) groups is 1. The Balaban J connectivity index is 1.59. The maximum Gasteiger partial charge on any atom is 0.336 e. The first-order chi connectivity index (χ1) is 14.9. The van der Waals surface area contributed by atoms with Gasteiger partial charge in [-0.15, -0.1) is 0 Å². The van der Waals surface area contributed by atoms with Crippen molar-refractivity contribution in [1.82, 2.24) is 9.97 Å². The van der Waals surface area contributed by atoms with Gasteiger partial charge in [-0.05, 0) is 35.9 Å². The highest BCUT2D eigenvalue weighted by atomic mass is 32.2. The molecule has 8 heteroatoms. The first-order valence-electron chi connectivity index (χ1n) is 9.44. The van der Waals surface area contributed by atoms with Gasteiger partial charge in [-0.1, -0.05) is 48.5 Å². The molecule has 2 heterocycles. The minimum Gasteiger partial charge on any atom is -0.478 e. The van der Waals surface area contributed by atoms with Crippen LogP contribution in [-0.4, -0.2) is 35.3 Å². The summed E-state index contributed by atoms with van der Waals surface area (Å²) in [5.74, 6) is -0.927. The molecule has 7 nitrogen and oxygen atoms in total. The average Bonchev–Trinajstić information content (AvgIpc) is 3.19. The van der Waals surface area contributed by atoms with Gasteiger partial charge in [0.1, 0.15) is 17.3 Å². The largest absolute Gasteiger partial charge is 0.478 e. The minimum absolute atomic E-state index is 0.164. The molecule has 0 spiro atoms. The van der Waals surface area contributed by atoms with E-state index in [1.807, 2.05) is 6.07 Å². The highest BCUT2D eigenvalue weighted by Gasteiger charge is 2.15. The number of sulfone groups is 1. The molecule has 0 aliphatic heterocycles. The van der Waals surface area contributed by atoms with Crippen molar-refractivity contribution in [2.75, 3.05) is 11.2 Å². The van der Waals surface area contributed by atoms with Crippen molar-refractivity contribution in [3.05, 3.63) is 90.1 Å². The van der Waals surface area contributed by atoms with Gasteiger partial charge in [-0.25, -0.2) is 18.2 Å². The fraction of sp³-hybridized carbons (Fsp3) is 0.0435. The van der Waals surface area contributed by atoms with Gasteiger partial charge in [0.2, 0.25) is 0 Å². The van der Waals surface area contributed by atoms with E-state index in [2.05, 4.69) is 15.3 Å². The summed E-state index contributed by atoms with van der Waals surface area (Å²) in [5.41, 5.74) is 1.96. The lowest BCUT2D eigenvalue weighted by molar-refractivity contribution is -0.130. The van der Waals surface area contributed by atoms with Gasteiger partial charge in [-0.3, -0.25) is 0 Å². The highest BCUT2D eigenvalue weighted by Crippen LogP contribution is 2.25. The van der Waals surface area contributed by atoms with Crippen LogP contribution in [0.25, 0.3) is 22.7 Å². The number of pyridine rings is 1. The van der Waals surface area contributed by atoms with E-state index in [9.17, 15) is 18.3 Å². The van der Waals surface area contributed by atoms with Crippen molar-refractivity contribution in [1.29, 1.82) is 0 Å². The Labute approximate surface area is 179 Å². The van der Waals surface area contributed by atoms with Crippen molar-refractivity contribution in [2.24, 2.45) is 0 Å². The minimum atomic E-state index is -3.50. The molecule has 2 aromatic carbocycles. The second kappa shape index (κ2) is 8.45. The van der Waals surface area contributed by atoms with Crippen molar-refractivity contribution in [3.8, 4) is 0 Å². The van der Waals surface area contributed by atoms with E-state index in [-0.39, 0.29) is 16.3 Å². The van der Waals surface area contributed by atoms with Crippen LogP contribution in [0.3, 0.4) is 0 Å². The summed E-state index contributed by atoms with van der Waals surface area (Å²) in [6, 6.07) is 20.5. The Morgan fingerprint density at radius 3 is 2.35 bits per heavy atom. The summed E-state index contributed by atoms with van der Waals surface area (Å²) >= 11 is 0. The molecular formula is C23H19N3O4S. The standard InChI is InChI=1S/C23H19N3O4S/c27-23(28)20(16-7-3-1-4-8-16)13-17-14-24-22-19(17)11-12-21(26-22)25-15-31(29,30)18-9-5-2-6-10-18/h1-14H,15H2,(H,27,28)(H2,24,25,26). The van der Waals surface area contributed by atoms with Crippen molar-refractivity contribution in [3.63, 3.8) is 0 Å². The normalized spacial score (nSPS) is 12.1. The molecule has 31 heavy (non-hydrogen) atoms. The Kier molecular flexibility index (Phi) is 5.55. The molecule has 0 aliphatic carbocycles. The molecule has 0 saturated heterocycles. The lowest BCUT2D eigenvalue weighted by atomic mass is 10.0. The third-order valence-corrected chi connectivity index (χ3v) is 6.25. The number of anilines is 1. The van der Waals surface area contributed by atoms with Gasteiger partial charge in [-0.2, -0.15) is 0 Å². The highest BCUT2D eigenvalue weighted by molar-refractivity contribution is 7.91. The second-order valence-electron chi connectivity index (χ2n) is 6.81. The fourth-order valence-corrected chi connectivity index (χ4v) is 4.24. The van der Waals surface area contributed by atoms with Crippen LogP contribution in [0.15, 0.2) is 83.9 Å². The third-order valence-electron chi connectivity index (χ3n) is 4.73. The number of carboxylic acids is 1. The molecule has 0 bridgehead atoms. The number of hydrogen-bond donors (Lipinski definition) is 3. The van der Waals surface area contributed by atoms with Gasteiger partial charge in [0.15, 0.2) is 9.84 Å². The number of aromatic amines is 1. The van der Waals surface area contributed by atoms with E-state index in [1.165, 1.54) is 0 Å². The summed E-state index contributed by atoms with van der Waals surface area (Å²) in [5, 5.41) is 13.2. The zero-order valence-corrected chi connectivity index (χ0v) is 17.1. The molecular weight excluding hydrogens is 414 g/mol. The van der Waals surface area contributed by atoms with Crippen LogP contribution in [0.1, 0.15) is 11.1 Å². The van der Waals surface area contributed by atoms with Crippen molar-refractivity contribution in [2.45, 2.75) is 4.90 Å². The number of hydrogen-bond acceptors (Lipinski definition) is 5. The Hall–Kier alpha value is -3.91. The molecule has 4 aromatic rings. The molecule has 3 N–H and O–H groups in total. The Bertz CT molecular complexity index is 1360. The van der Waals surface area contributed by atoms with E-state index in [1.54, 1.807) is 79.0 Å². The number of nitrogens with zero attached hydrogens (tertiary/aromatic N) is 1. The van der Waals surface area contributed by atoms with Gasteiger partial charge in [0.25, 0.3) is 0 Å². The Morgan fingerprint density at radius 1 is 1.00 bits per heavy atom. The third kappa shape index (κ3) is 4.49. The summed E-state index contributed by atoms with van der Waals surface area (Å²) in [6.45, 7) is 0. The molecule has 0 fully saturated rings. The number of aromatic nitrogens is 2. The average molecular weight is 433 g/mol. The van der Waals surface area contributed by atoms with Gasteiger partial charge in [0, 0.05) is 17.1 Å². The van der Waals surface area contributed by atoms with Crippen LogP contribution in [0.5, 0.6) is 0 Å². The summed E-state index contributed by atoms with van der Waals surface area (Å²) in [6.07, 6.45) is 3.26. The van der Waals surface area contributed by atoms with Crippen LogP contribution < -0.4 is 5.32 Å². The zero-order valence-electron chi connectivity index (χ0n) is 16.3. The SMILES string of the molecule is O=C(O)C(=Cc1c[nH]c2nc(NCS(=O)(=O)c3ccccc3)ccc12)c1ccccc1. The number of nitrogens with one attached hydrogen (secondary N) is 2. The molecule has 2 aromatic heterocycles. The van der Waals surface area contributed by atoms with Gasteiger partial charge < -0.3 is 15.4 Å². The molecule has 0 saturated carbocycles. The fourth-order valence-electron chi connectivity index (χ4n) is 3.17. The summed E-state index contributed by atoms with van der Waals surface area (Å²) in [4.78, 5) is 19.4. The lowest BCUT2D eigenvalue weighted by Gasteiger charge is -2.07. The molecule has 0 amide bonds. The van der Waals surface area contributed by atoms with Gasteiger partial charge >= 0.3 is 5.97 Å². The van der Waals surface area contributed by atoms with E-state index in [0.29, 0.717) is 22.6 Å². The number of aliphatic carboxylic acids is 1. The molecule has 0 aliphatic rings. The van der Waals surface area contributed by atoms with Crippen LogP contribution >= 0.6 is 0 Å². The number of carboxylic acid groups (broad SMARTS) is 1. The number of H-pyrrole nitrogens is 1. The van der Waals surface area contributed by atoms with Crippen molar-refractivity contribution >= 4 is 44.3 Å². The first-order valence-corrected chi connectivity index (χ1v) is 11.1. The lowest BCUT2D eigenvalue weighted by Crippen LogP contribution is -2.15. The summed E-state index contributed by atoms with van der Waals surface area (Å²) in [7, 11) is -3.50. The van der Waals surface area contributed by atoms with E-state index in [4.69, 9.17) is 0 Å². The number of benzene rings is 2. The maximum atomic E-state index is 12.4.